The number of hydrogen-bond donors (Lipinski definition) is 1. The molecule has 7 heteroatoms. The minimum absolute atomic E-state index is 0.0319. The Morgan fingerprint density at radius 3 is 2.36 bits per heavy atom. The van der Waals surface area contributed by atoms with Crippen molar-refractivity contribution >= 4 is 15.9 Å². The second-order valence-corrected chi connectivity index (χ2v) is 9.00. The number of sulfonamides is 1. The molecule has 0 unspecified atom stereocenters. The third-order valence-corrected chi connectivity index (χ3v) is 7.24. The van der Waals surface area contributed by atoms with Crippen molar-refractivity contribution in [3.8, 4) is 5.75 Å². The smallest absolute Gasteiger partial charge is 0.251 e. The zero-order chi connectivity index (χ0) is 20.3. The van der Waals surface area contributed by atoms with Gasteiger partial charge in [-0.1, -0.05) is 18.2 Å². The summed E-state index contributed by atoms with van der Waals surface area (Å²) < 4.78 is 32.7. The van der Waals surface area contributed by atoms with Gasteiger partial charge in [-0.25, -0.2) is 8.42 Å². The van der Waals surface area contributed by atoms with E-state index in [1.165, 1.54) is 4.31 Å². The van der Waals surface area contributed by atoms with Gasteiger partial charge in [0.05, 0.1) is 12.0 Å². The molecule has 0 saturated carbocycles. The van der Waals surface area contributed by atoms with E-state index in [0.717, 1.165) is 5.56 Å². The highest BCUT2D eigenvalue weighted by Gasteiger charge is 2.31. The molecule has 0 aromatic heterocycles. The van der Waals surface area contributed by atoms with Crippen molar-refractivity contribution in [3.63, 3.8) is 0 Å². The zero-order valence-electron chi connectivity index (χ0n) is 16.4. The van der Waals surface area contributed by atoms with Gasteiger partial charge in [-0.3, -0.25) is 4.79 Å². The maximum Gasteiger partial charge on any atom is 0.251 e. The van der Waals surface area contributed by atoms with Crippen molar-refractivity contribution in [1.29, 1.82) is 0 Å². The minimum Gasteiger partial charge on any atom is -0.497 e. The molecule has 0 aliphatic carbocycles. The van der Waals surface area contributed by atoms with E-state index in [1.807, 2.05) is 25.1 Å². The summed E-state index contributed by atoms with van der Waals surface area (Å²) in [6, 6.07) is 12.4. The Hall–Kier alpha value is -2.38. The molecule has 1 aliphatic heterocycles. The monoisotopic (exact) mass is 402 g/mol. The molecule has 0 spiro atoms. The van der Waals surface area contributed by atoms with E-state index >= 15 is 0 Å². The van der Waals surface area contributed by atoms with Crippen LogP contribution in [0, 0.1) is 13.8 Å². The molecule has 0 bridgehead atoms. The molecule has 2 aromatic carbocycles. The fourth-order valence-corrected chi connectivity index (χ4v) is 5.18. The number of aryl methyl sites for hydroxylation is 2. The normalized spacial score (nSPS) is 16.0. The second kappa shape index (κ2) is 8.32. The van der Waals surface area contributed by atoms with Crippen LogP contribution < -0.4 is 10.1 Å². The van der Waals surface area contributed by atoms with Gasteiger partial charge in [-0.2, -0.15) is 4.31 Å². The number of piperidine rings is 1. The van der Waals surface area contributed by atoms with Gasteiger partial charge in [0.15, 0.2) is 0 Å². The average Bonchev–Trinajstić information content (AvgIpc) is 2.68. The highest BCUT2D eigenvalue weighted by atomic mass is 32.2. The van der Waals surface area contributed by atoms with Gasteiger partial charge in [0.2, 0.25) is 10.0 Å². The molecule has 6 nitrogen and oxygen atoms in total. The Labute approximate surface area is 166 Å². The molecule has 1 saturated heterocycles. The van der Waals surface area contributed by atoms with Crippen LogP contribution in [0.2, 0.25) is 0 Å². The molecular weight excluding hydrogens is 376 g/mol. The van der Waals surface area contributed by atoms with Crippen LogP contribution in [0.1, 0.15) is 34.3 Å². The van der Waals surface area contributed by atoms with E-state index in [1.54, 1.807) is 38.3 Å². The van der Waals surface area contributed by atoms with Crippen LogP contribution in [0.5, 0.6) is 5.75 Å². The highest BCUT2D eigenvalue weighted by molar-refractivity contribution is 7.89. The third-order valence-electron chi connectivity index (χ3n) is 5.18. The lowest BCUT2D eigenvalue weighted by Gasteiger charge is -2.32. The van der Waals surface area contributed by atoms with E-state index < -0.39 is 10.0 Å². The van der Waals surface area contributed by atoms with E-state index in [9.17, 15) is 13.2 Å². The molecule has 1 aliphatic rings. The molecule has 1 fully saturated rings. The summed E-state index contributed by atoms with van der Waals surface area (Å²) in [6.07, 6.45) is 1.18. The number of carbonyl (C=O) groups excluding carboxylic acids is 1. The molecule has 150 valence electrons. The Balaban J connectivity index is 1.65. The first-order valence-electron chi connectivity index (χ1n) is 9.34. The van der Waals surface area contributed by atoms with Crippen LogP contribution in [0.4, 0.5) is 0 Å². The fraction of sp³-hybridized carbons (Fsp3) is 0.381. The summed E-state index contributed by atoms with van der Waals surface area (Å²) in [5, 5.41) is 3.04. The lowest BCUT2D eigenvalue weighted by atomic mass is 10.0. The summed E-state index contributed by atoms with van der Waals surface area (Å²) in [6.45, 7) is 4.44. The summed E-state index contributed by atoms with van der Waals surface area (Å²) >= 11 is 0. The third kappa shape index (κ3) is 4.20. The zero-order valence-corrected chi connectivity index (χ0v) is 17.3. The molecule has 28 heavy (non-hydrogen) atoms. The van der Waals surface area contributed by atoms with Crippen molar-refractivity contribution < 1.29 is 17.9 Å². The highest BCUT2D eigenvalue weighted by Crippen LogP contribution is 2.26. The first-order chi connectivity index (χ1) is 13.3. The van der Waals surface area contributed by atoms with Gasteiger partial charge < -0.3 is 10.1 Å². The van der Waals surface area contributed by atoms with Gasteiger partial charge in [0.1, 0.15) is 5.75 Å². The quantitative estimate of drug-likeness (QED) is 0.834. The number of ether oxygens (including phenoxy) is 1. The molecule has 0 radical (unpaired) electrons. The number of benzene rings is 2. The molecule has 1 N–H and O–H groups in total. The Morgan fingerprint density at radius 2 is 1.75 bits per heavy atom. The second-order valence-electron chi connectivity index (χ2n) is 7.10. The van der Waals surface area contributed by atoms with Gasteiger partial charge >= 0.3 is 0 Å². The maximum absolute atomic E-state index is 13.0. The van der Waals surface area contributed by atoms with Gasteiger partial charge in [-0.05, 0) is 62.1 Å². The SMILES string of the molecule is COc1ccc(S(=O)(=O)N2CCC(NC(=O)c3ccccc3C)CC2)c(C)c1. The van der Waals surface area contributed by atoms with Crippen LogP contribution in [0.3, 0.4) is 0 Å². The topological polar surface area (TPSA) is 75.7 Å². The number of rotatable bonds is 5. The maximum atomic E-state index is 13.0. The molecule has 0 atom stereocenters. The van der Waals surface area contributed by atoms with E-state index in [4.69, 9.17) is 4.74 Å². The summed E-state index contributed by atoms with van der Waals surface area (Å²) in [5.74, 6) is 0.527. The van der Waals surface area contributed by atoms with Crippen LogP contribution in [0.15, 0.2) is 47.4 Å². The van der Waals surface area contributed by atoms with Crippen molar-refractivity contribution in [3.05, 3.63) is 59.2 Å². The number of hydrogen-bond acceptors (Lipinski definition) is 4. The van der Waals surface area contributed by atoms with E-state index in [-0.39, 0.29) is 11.9 Å². The molecule has 1 heterocycles. The standard InChI is InChI=1S/C21H26N2O4S/c1-15-6-4-5-7-19(15)21(24)22-17-10-12-23(13-11-17)28(25,26)20-9-8-18(27-3)14-16(20)2/h4-9,14,17H,10-13H2,1-3H3,(H,22,24). The van der Waals surface area contributed by atoms with Gasteiger partial charge in [-0.15, -0.1) is 0 Å². The lowest BCUT2D eigenvalue weighted by Crippen LogP contribution is -2.46. The Bertz CT molecular complexity index is 964. The summed E-state index contributed by atoms with van der Waals surface area (Å²) in [4.78, 5) is 12.8. The van der Waals surface area contributed by atoms with Crippen molar-refractivity contribution in [1.82, 2.24) is 9.62 Å². The molecule has 3 rings (SSSR count). The van der Waals surface area contributed by atoms with Crippen molar-refractivity contribution in [2.75, 3.05) is 20.2 Å². The van der Waals surface area contributed by atoms with Crippen LogP contribution in [0.25, 0.3) is 0 Å². The molecule has 1 amide bonds. The number of amides is 1. The minimum atomic E-state index is -3.56. The van der Waals surface area contributed by atoms with Crippen LogP contribution in [-0.2, 0) is 10.0 Å². The average molecular weight is 403 g/mol. The van der Waals surface area contributed by atoms with Crippen LogP contribution in [-0.4, -0.2) is 44.9 Å². The first kappa shape index (κ1) is 20.4. The van der Waals surface area contributed by atoms with Gasteiger partial charge in [0, 0.05) is 24.7 Å². The lowest BCUT2D eigenvalue weighted by molar-refractivity contribution is 0.0923. The van der Waals surface area contributed by atoms with Crippen LogP contribution >= 0.6 is 0 Å². The first-order valence-corrected chi connectivity index (χ1v) is 10.8. The van der Waals surface area contributed by atoms with E-state index in [2.05, 4.69) is 5.32 Å². The summed E-state index contributed by atoms with van der Waals surface area (Å²) in [5.41, 5.74) is 2.25. The van der Waals surface area contributed by atoms with Crippen molar-refractivity contribution in [2.24, 2.45) is 0 Å². The fourth-order valence-electron chi connectivity index (χ4n) is 3.51. The predicted molar refractivity (Wildman–Crippen MR) is 108 cm³/mol. The summed E-state index contributed by atoms with van der Waals surface area (Å²) in [7, 11) is -2.01. The number of nitrogens with one attached hydrogen (secondary N) is 1. The molecular formula is C21H26N2O4S. The Kier molecular flexibility index (Phi) is 6.05. The Morgan fingerprint density at radius 1 is 1.07 bits per heavy atom. The predicted octanol–water partition coefficient (Wildman–Crippen LogP) is 2.90. The largest absolute Gasteiger partial charge is 0.497 e. The van der Waals surface area contributed by atoms with Crippen molar-refractivity contribution in [2.45, 2.75) is 37.6 Å². The van der Waals surface area contributed by atoms with E-state index in [0.29, 0.717) is 47.7 Å². The number of methoxy groups -OCH3 is 1. The number of nitrogens with zero attached hydrogens (tertiary/aromatic N) is 1. The van der Waals surface area contributed by atoms with Gasteiger partial charge in [0.25, 0.3) is 5.91 Å². The molecule has 2 aromatic rings. The number of carbonyl (C=O) groups is 1.